The van der Waals surface area contributed by atoms with Crippen LogP contribution in [0.1, 0.15) is 35.7 Å². The maximum atomic E-state index is 13.1. The van der Waals surface area contributed by atoms with Gasteiger partial charge >= 0.3 is 0 Å². The summed E-state index contributed by atoms with van der Waals surface area (Å²) in [6, 6.07) is 10.5. The van der Waals surface area contributed by atoms with Crippen LogP contribution in [0, 0.1) is 11.6 Å². The van der Waals surface area contributed by atoms with E-state index < -0.39 is 17.5 Å². The van der Waals surface area contributed by atoms with Gasteiger partial charge in [-0.05, 0) is 41.8 Å². The first-order valence-electron chi connectivity index (χ1n) is 6.33. The molecule has 0 heterocycles. The minimum absolute atomic E-state index is 0.0804. The Balaban J connectivity index is 2.12. The molecule has 0 aromatic heterocycles. The fourth-order valence-corrected chi connectivity index (χ4v) is 1.79. The van der Waals surface area contributed by atoms with Crippen LogP contribution in [0.25, 0.3) is 0 Å². The molecular formula is C16H15F2NO. The Morgan fingerprint density at radius 2 is 1.65 bits per heavy atom. The lowest BCUT2D eigenvalue weighted by molar-refractivity contribution is 0.102. The van der Waals surface area contributed by atoms with Gasteiger partial charge in [0.2, 0.25) is 0 Å². The van der Waals surface area contributed by atoms with Crippen molar-refractivity contribution in [2.45, 2.75) is 19.8 Å². The molecule has 2 aromatic rings. The fourth-order valence-electron chi connectivity index (χ4n) is 1.79. The SMILES string of the molecule is CC(C)c1ccc(NC(=O)c2ccc(F)c(F)c2)cc1. The Morgan fingerprint density at radius 1 is 1.00 bits per heavy atom. The van der Waals surface area contributed by atoms with Crippen molar-refractivity contribution in [3.63, 3.8) is 0 Å². The molecule has 0 saturated heterocycles. The standard InChI is InChI=1S/C16H15F2NO/c1-10(2)11-3-6-13(7-4-11)19-16(20)12-5-8-14(17)15(18)9-12/h3-10H,1-2H3,(H,19,20). The lowest BCUT2D eigenvalue weighted by atomic mass is 10.0. The van der Waals surface area contributed by atoms with Gasteiger partial charge in [-0.2, -0.15) is 0 Å². The van der Waals surface area contributed by atoms with E-state index in [-0.39, 0.29) is 5.56 Å². The molecule has 0 aliphatic heterocycles. The quantitative estimate of drug-likeness (QED) is 0.887. The first-order chi connectivity index (χ1) is 9.47. The average Bonchev–Trinajstić information content (AvgIpc) is 2.42. The van der Waals surface area contributed by atoms with Crippen molar-refractivity contribution in [2.75, 3.05) is 5.32 Å². The Morgan fingerprint density at radius 3 is 2.20 bits per heavy atom. The zero-order valence-corrected chi connectivity index (χ0v) is 11.3. The smallest absolute Gasteiger partial charge is 0.255 e. The molecule has 2 aromatic carbocycles. The van der Waals surface area contributed by atoms with Crippen LogP contribution >= 0.6 is 0 Å². The van der Waals surface area contributed by atoms with E-state index in [4.69, 9.17) is 0 Å². The van der Waals surface area contributed by atoms with E-state index in [2.05, 4.69) is 19.2 Å². The number of halogens is 2. The number of carbonyl (C=O) groups excluding carboxylic acids is 1. The third kappa shape index (κ3) is 3.20. The highest BCUT2D eigenvalue weighted by molar-refractivity contribution is 6.04. The summed E-state index contributed by atoms with van der Waals surface area (Å²) in [5.41, 5.74) is 1.86. The van der Waals surface area contributed by atoms with Gasteiger partial charge in [0.25, 0.3) is 5.91 Å². The van der Waals surface area contributed by atoms with E-state index in [9.17, 15) is 13.6 Å². The average molecular weight is 275 g/mol. The number of amides is 1. The number of benzene rings is 2. The summed E-state index contributed by atoms with van der Waals surface area (Å²) in [7, 11) is 0. The van der Waals surface area contributed by atoms with Gasteiger partial charge in [0.05, 0.1) is 0 Å². The molecule has 0 aliphatic carbocycles. The zero-order chi connectivity index (χ0) is 14.7. The molecule has 0 spiro atoms. The summed E-state index contributed by atoms with van der Waals surface area (Å²) in [4.78, 5) is 11.9. The van der Waals surface area contributed by atoms with E-state index in [0.717, 1.165) is 17.7 Å². The van der Waals surface area contributed by atoms with Crippen molar-refractivity contribution in [1.29, 1.82) is 0 Å². The summed E-state index contributed by atoms with van der Waals surface area (Å²) in [6.45, 7) is 4.16. The highest BCUT2D eigenvalue weighted by atomic mass is 19.2. The van der Waals surface area contributed by atoms with E-state index in [1.54, 1.807) is 12.1 Å². The highest BCUT2D eigenvalue weighted by Crippen LogP contribution is 2.18. The van der Waals surface area contributed by atoms with Crippen LogP contribution < -0.4 is 5.32 Å². The van der Waals surface area contributed by atoms with Gasteiger partial charge in [-0.25, -0.2) is 8.78 Å². The van der Waals surface area contributed by atoms with Gasteiger partial charge < -0.3 is 5.32 Å². The molecular weight excluding hydrogens is 260 g/mol. The molecule has 2 rings (SSSR count). The van der Waals surface area contributed by atoms with E-state index in [1.165, 1.54) is 6.07 Å². The van der Waals surface area contributed by atoms with Crippen molar-refractivity contribution < 1.29 is 13.6 Å². The monoisotopic (exact) mass is 275 g/mol. The molecule has 2 nitrogen and oxygen atoms in total. The molecule has 0 unspecified atom stereocenters. The first kappa shape index (κ1) is 14.2. The summed E-state index contributed by atoms with van der Waals surface area (Å²) in [6.07, 6.45) is 0. The largest absolute Gasteiger partial charge is 0.322 e. The second kappa shape index (κ2) is 5.82. The molecule has 20 heavy (non-hydrogen) atoms. The lowest BCUT2D eigenvalue weighted by Crippen LogP contribution is -2.12. The van der Waals surface area contributed by atoms with Gasteiger partial charge in [-0.15, -0.1) is 0 Å². The normalized spacial score (nSPS) is 10.7. The van der Waals surface area contributed by atoms with Crippen LogP contribution in [-0.4, -0.2) is 5.91 Å². The predicted octanol–water partition coefficient (Wildman–Crippen LogP) is 4.34. The van der Waals surface area contributed by atoms with Gasteiger partial charge in [0.15, 0.2) is 11.6 Å². The van der Waals surface area contributed by atoms with E-state index in [1.807, 2.05) is 12.1 Å². The van der Waals surface area contributed by atoms with Crippen LogP contribution in [-0.2, 0) is 0 Å². The van der Waals surface area contributed by atoms with Crippen molar-refractivity contribution >= 4 is 11.6 Å². The fraction of sp³-hybridized carbons (Fsp3) is 0.188. The van der Waals surface area contributed by atoms with Gasteiger partial charge in [0.1, 0.15) is 0 Å². The molecule has 0 aliphatic rings. The Kier molecular flexibility index (Phi) is 4.13. The molecule has 0 fully saturated rings. The van der Waals surface area contributed by atoms with Gasteiger partial charge in [0, 0.05) is 11.3 Å². The van der Waals surface area contributed by atoms with Crippen LogP contribution in [0.15, 0.2) is 42.5 Å². The van der Waals surface area contributed by atoms with Crippen molar-refractivity contribution in [1.82, 2.24) is 0 Å². The van der Waals surface area contributed by atoms with Crippen LogP contribution in [0.2, 0.25) is 0 Å². The number of nitrogens with one attached hydrogen (secondary N) is 1. The van der Waals surface area contributed by atoms with Gasteiger partial charge in [-0.1, -0.05) is 26.0 Å². The first-order valence-corrected chi connectivity index (χ1v) is 6.33. The third-order valence-electron chi connectivity index (χ3n) is 3.02. The topological polar surface area (TPSA) is 29.1 Å². The highest BCUT2D eigenvalue weighted by Gasteiger charge is 2.10. The minimum Gasteiger partial charge on any atom is -0.322 e. The zero-order valence-electron chi connectivity index (χ0n) is 11.3. The summed E-state index contributed by atoms with van der Waals surface area (Å²) in [5, 5.41) is 2.64. The second-order valence-corrected chi connectivity index (χ2v) is 4.86. The lowest BCUT2D eigenvalue weighted by Gasteiger charge is -2.08. The number of anilines is 1. The Bertz CT molecular complexity index is 621. The maximum Gasteiger partial charge on any atom is 0.255 e. The minimum atomic E-state index is -1.03. The molecule has 104 valence electrons. The Labute approximate surface area is 116 Å². The van der Waals surface area contributed by atoms with Crippen LogP contribution in [0.5, 0.6) is 0 Å². The Hall–Kier alpha value is -2.23. The van der Waals surface area contributed by atoms with Crippen molar-refractivity contribution in [3.05, 3.63) is 65.2 Å². The van der Waals surface area contributed by atoms with Gasteiger partial charge in [-0.3, -0.25) is 4.79 Å². The third-order valence-corrected chi connectivity index (χ3v) is 3.02. The number of hydrogen-bond acceptors (Lipinski definition) is 1. The molecule has 0 saturated carbocycles. The molecule has 1 amide bonds. The summed E-state index contributed by atoms with van der Waals surface area (Å²) < 4.78 is 25.9. The number of hydrogen-bond donors (Lipinski definition) is 1. The predicted molar refractivity (Wildman–Crippen MR) is 74.8 cm³/mol. The summed E-state index contributed by atoms with van der Waals surface area (Å²) in [5.74, 6) is -2.07. The number of carbonyl (C=O) groups is 1. The second-order valence-electron chi connectivity index (χ2n) is 4.86. The van der Waals surface area contributed by atoms with Crippen molar-refractivity contribution in [3.8, 4) is 0 Å². The maximum absolute atomic E-state index is 13.1. The van der Waals surface area contributed by atoms with Crippen LogP contribution in [0.3, 0.4) is 0 Å². The summed E-state index contributed by atoms with van der Waals surface area (Å²) >= 11 is 0. The number of rotatable bonds is 3. The van der Waals surface area contributed by atoms with Crippen molar-refractivity contribution in [2.24, 2.45) is 0 Å². The van der Waals surface area contributed by atoms with E-state index >= 15 is 0 Å². The van der Waals surface area contributed by atoms with Crippen LogP contribution in [0.4, 0.5) is 14.5 Å². The molecule has 0 atom stereocenters. The molecule has 0 bridgehead atoms. The molecule has 1 N–H and O–H groups in total. The molecule has 0 radical (unpaired) electrons. The molecule has 4 heteroatoms. The van der Waals surface area contributed by atoms with E-state index in [0.29, 0.717) is 11.6 Å².